The summed E-state index contributed by atoms with van der Waals surface area (Å²) >= 11 is 0. The average Bonchev–Trinajstić information content (AvgIpc) is 2.86. The Morgan fingerprint density at radius 1 is 1.27 bits per heavy atom. The first-order chi connectivity index (χ1) is 10.6. The highest BCUT2D eigenvalue weighted by Gasteiger charge is 2.37. The Morgan fingerprint density at radius 2 is 2.09 bits per heavy atom. The minimum absolute atomic E-state index is 0.00480. The molecule has 2 N–H and O–H groups in total. The molecule has 2 aliphatic rings. The first-order valence-electron chi connectivity index (χ1n) is 8.03. The molecule has 0 aliphatic carbocycles. The Bertz CT molecular complexity index is 523. The Kier molecular flexibility index (Phi) is 4.68. The number of fused-ring (bicyclic) bond motifs is 1. The van der Waals surface area contributed by atoms with Crippen LogP contribution >= 0.6 is 0 Å². The van der Waals surface area contributed by atoms with Crippen molar-refractivity contribution >= 4 is 0 Å². The van der Waals surface area contributed by atoms with Gasteiger partial charge in [0.15, 0.2) is 0 Å². The molecule has 5 heteroatoms. The molecule has 0 amide bonds. The molecule has 5 nitrogen and oxygen atoms in total. The second-order valence-electron chi connectivity index (χ2n) is 6.58. The zero-order valence-electron chi connectivity index (χ0n) is 13.4. The summed E-state index contributed by atoms with van der Waals surface area (Å²) in [7, 11) is 1.63. The van der Waals surface area contributed by atoms with E-state index in [0.717, 1.165) is 43.9 Å². The Morgan fingerprint density at radius 3 is 2.82 bits per heavy atom. The zero-order valence-corrected chi connectivity index (χ0v) is 13.4. The lowest BCUT2D eigenvalue weighted by molar-refractivity contribution is 0.0528. The van der Waals surface area contributed by atoms with Crippen LogP contribution in [-0.2, 0) is 13.2 Å². The van der Waals surface area contributed by atoms with E-state index in [2.05, 4.69) is 22.8 Å². The lowest BCUT2D eigenvalue weighted by Gasteiger charge is -2.42. The molecule has 0 spiro atoms. The van der Waals surface area contributed by atoms with Gasteiger partial charge in [-0.25, -0.2) is 0 Å². The largest absolute Gasteiger partial charge is 0.496 e. The van der Waals surface area contributed by atoms with E-state index in [-0.39, 0.29) is 12.7 Å². The summed E-state index contributed by atoms with van der Waals surface area (Å²) in [5.41, 5.74) is 2.03. The van der Waals surface area contributed by atoms with Gasteiger partial charge in [-0.3, -0.25) is 9.80 Å². The van der Waals surface area contributed by atoms with Crippen LogP contribution in [0.1, 0.15) is 24.5 Å². The summed E-state index contributed by atoms with van der Waals surface area (Å²) < 4.78 is 5.26. The van der Waals surface area contributed by atoms with Crippen molar-refractivity contribution in [3.8, 4) is 5.75 Å². The molecule has 2 fully saturated rings. The van der Waals surface area contributed by atoms with Crippen molar-refractivity contribution in [2.75, 3.05) is 26.7 Å². The number of rotatable bonds is 4. The molecule has 0 bridgehead atoms. The van der Waals surface area contributed by atoms with Gasteiger partial charge >= 0.3 is 0 Å². The van der Waals surface area contributed by atoms with Crippen LogP contribution in [0.25, 0.3) is 0 Å². The first kappa shape index (κ1) is 15.7. The Labute approximate surface area is 132 Å². The predicted molar refractivity (Wildman–Crippen MR) is 84.8 cm³/mol. The lowest BCUT2D eigenvalue weighted by Crippen LogP contribution is -2.54. The third-order valence-corrected chi connectivity index (χ3v) is 4.97. The highest BCUT2D eigenvalue weighted by molar-refractivity contribution is 5.36. The summed E-state index contributed by atoms with van der Waals surface area (Å²) in [6.45, 7) is 5.95. The molecule has 0 aromatic heterocycles. The van der Waals surface area contributed by atoms with Gasteiger partial charge in [0, 0.05) is 43.8 Å². The number of hydrogen-bond donors (Lipinski definition) is 2. The van der Waals surface area contributed by atoms with E-state index in [1.807, 2.05) is 12.1 Å². The van der Waals surface area contributed by atoms with E-state index >= 15 is 0 Å². The van der Waals surface area contributed by atoms with Gasteiger partial charge in [0.25, 0.3) is 0 Å². The minimum atomic E-state index is -0.167. The average molecular weight is 306 g/mol. The highest BCUT2D eigenvalue weighted by atomic mass is 16.5. The van der Waals surface area contributed by atoms with E-state index < -0.39 is 0 Å². The quantitative estimate of drug-likeness (QED) is 0.863. The van der Waals surface area contributed by atoms with Gasteiger partial charge in [-0.15, -0.1) is 0 Å². The first-order valence-corrected chi connectivity index (χ1v) is 8.03. The monoisotopic (exact) mass is 306 g/mol. The van der Waals surface area contributed by atoms with Gasteiger partial charge in [0.05, 0.1) is 19.8 Å². The number of methoxy groups -OCH3 is 1. The molecule has 122 valence electrons. The van der Waals surface area contributed by atoms with Crippen molar-refractivity contribution in [3.63, 3.8) is 0 Å². The van der Waals surface area contributed by atoms with Gasteiger partial charge in [0.1, 0.15) is 5.75 Å². The highest BCUT2D eigenvalue weighted by Crippen LogP contribution is 2.27. The summed E-state index contributed by atoms with van der Waals surface area (Å²) in [6.07, 6.45) is 0.715. The Hall–Kier alpha value is -1.14. The molecule has 22 heavy (non-hydrogen) atoms. The summed E-state index contributed by atoms with van der Waals surface area (Å²) in [4.78, 5) is 4.89. The van der Waals surface area contributed by atoms with Gasteiger partial charge in [-0.1, -0.05) is 6.07 Å². The third kappa shape index (κ3) is 3.13. The number of hydrogen-bond acceptors (Lipinski definition) is 5. The van der Waals surface area contributed by atoms with Crippen molar-refractivity contribution in [2.24, 2.45) is 0 Å². The molecule has 2 heterocycles. The fourth-order valence-electron chi connectivity index (χ4n) is 3.79. The number of benzene rings is 1. The molecular weight excluding hydrogens is 280 g/mol. The van der Waals surface area contributed by atoms with Gasteiger partial charge < -0.3 is 14.9 Å². The molecule has 0 saturated carbocycles. The van der Waals surface area contributed by atoms with Crippen molar-refractivity contribution in [1.29, 1.82) is 0 Å². The minimum Gasteiger partial charge on any atom is -0.496 e. The van der Waals surface area contributed by atoms with Crippen LogP contribution in [-0.4, -0.2) is 64.9 Å². The third-order valence-electron chi connectivity index (χ3n) is 4.97. The predicted octanol–water partition coefficient (Wildman–Crippen LogP) is 0.827. The molecule has 3 rings (SSSR count). The smallest absolute Gasteiger partial charge is 0.124 e. The van der Waals surface area contributed by atoms with Crippen molar-refractivity contribution < 1.29 is 14.9 Å². The van der Waals surface area contributed by atoms with E-state index in [0.29, 0.717) is 12.1 Å². The van der Waals surface area contributed by atoms with Crippen molar-refractivity contribution in [1.82, 2.24) is 9.80 Å². The molecule has 2 aliphatic heterocycles. The van der Waals surface area contributed by atoms with Crippen LogP contribution in [0.15, 0.2) is 18.2 Å². The van der Waals surface area contributed by atoms with E-state index in [1.54, 1.807) is 7.11 Å². The normalized spacial score (nSPS) is 29.5. The maximum Gasteiger partial charge on any atom is 0.124 e. The van der Waals surface area contributed by atoms with Crippen LogP contribution in [0, 0.1) is 0 Å². The number of aliphatic hydroxyl groups is 2. The van der Waals surface area contributed by atoms with Gasteiger partial charge in [0.2, 0.25) is 0 Å². The standard InChI is InChI=1S/C17H26N2O3/c1-12-7-19-10-16(21)6-15(19)9-18(12)8-13-3-4-17(22-2)14(5-13)11-20/h3-5,12,15-16,20-21H,6-11H2,1-2H3/t12-,15+,16-/m1/s1. The van der Waals surface area contributed by atoms with Crippen LogP contribution < -0.4 is 4.74 Å². The van der Waals surface area contributed by atoms with Crippen LogP contribution in [0.3, 0.4) is 0 Å². The number of nitrogens with zero attached hydrogens (tertiary/aromatic N) is 2. The van der Waals surface area contributed by atoms with E-state index in [1.165, 1.54) is 5.56 Å². The van der Waals surface area contributed by atoms with Crippen LogP contribution in [0.2, 0.25) is 0 Å². The molecular formula is C17H26N2O3. The molecule has 0 unspecified atom stereocenters. The van der Waals surface area contributed by atoms with Gasteiger partial charge in [-0.2, -0.15) is 0 Å². The van der Waals surface area contributed by atoms with Gasteiger partial charge in [-0.05, 0) is 31.0 Å². The maximum absolute atomic E-state index is 9.85. The van der Waals surface area contributed by atoms with E-state index in [4.69, 9.17) is 4.74 Å². The maximum atomic E-state index is 9.85. The fourth-order valence-corrected chi connectivity index (χ4v) is 3.79. The van der Waals surface area contributed by atoms with Crippen LogP contribution in [0.4, 0.5) is 0 Å². The second-order valence-corrected chi connectivity index (χ2v) is 6.58. The van der Waals surface area contributed by atoms with Crippen molar-refractivity contribution in [3.05, 3.63) is 29.3 Å². The molecule has 3 atom stereocenters. The zero-order chi connectivity index (χ0) is 15.7. The SMILES string of the molecule is COc1ccc(CN2C[C@@H]3C[C@@H](O)CN3C[C@H]2C)cc1CO. The lowest BCUT2D eigenvalue weighted by atomic mass is 10.0. The second kappa shape index (κ2) is 6.54. The summed E-state index contributed by atoms with van der Waals surface area (Å²) in [6, 6.07) is 6.98. The Balaban J connectivity index is 1.70. The number of ether oxygens (including phenoxy) is 1. The fraction of sp³-hybridized carbons (Fsp3) is 0.647. The molecule has 1 aromatic carbocycles. The van der Waals surface area contributed by atoms with E-state index in [9.17, 15) is 10.2 Å². The number of piperazine rings is 1. The molecule has 2 saturated heterocycles. The van der Waals surface area contributed by atoms with Crippen LogP contribution in [0.5, 0.6) is 5.75 Å². The van der Waals surface area contributed by atoms with Crippen molar-refractivity contribution in [2.45, 2.75) is 44.7 Å². The summed E-state index contributed by atoms with van der Waals surface area (Å²) in [5, 5.41) is 19.3. The molecule has 1 aromatic rings. The summed E-state index contributed by atoms with van der Waals surface area (Å²) in [5.74, 6) is 0.739. The topological polar surface area (TPSA) is 56.2 Å². The molecule has 0 radical (unpaired) electrons. The number of aliphatic hydroxyl groups excluding tert-OH is 2.